The van der Waals surface area contributed by atoms with Crippen LogP contribution >= 0.6 is 15.9 Å². The Bertz CT molecular complexity index is 311. The molecule has 0 saturated heterocycles. The molecule has 1 aliphatic rings. The average molecular weight is 272 g/mol. The Morgan fingerprint density at radius 1 is 1.53 bits per heavy atom. The van der Waals surface area contributed by atoms with Gasteiger partial charge in [0.1, 0.15) is 0 Å². The van der Waals surface area contributed by atoms with Crippen LogP contribution in [0.2, 0.25) is 0 Å². The van der Waals surface area contributed by atoms with E-state index in [9.17, 15) is 0 Å². The van der Waals surface area contributed by atoms with Gasteiger partial charge in [0.2, 0.25) is 0 Å². The third-order valence-electron chi connectivity index (χ3n) is 3.11. The SMILES string of the molecule is CCCn1nncc1C1CCCC(Br)C1. The predicted octanol–water partition coefficient (Wildman–Crippen LogP) is 3.11. The highest BCUT2D eigenvalue weighted by molar-refractivity contribution is 9.09. The molecule has 0 aromatic carbocycles. The minimum Gasteiger partial charge on any atom is -0.249 e. The summed E-state index contributed by atoms with van der Waals surface area (Å²) in [5.41, 5.74) is 1.33. The van der Waals surface area contributed by atoms with Crippen molar-refractivity contribution in [2.45, 2.75) is 56.3 Å². The molecule has 0 spiro atoms. The Morgan fingerprint density at radius 2 is 2.40 bits per heavy atom. The van der Waals surface area contributed by atoms with E-state index in [0.29, 0.717) is 10.7 Å². The number of hydrogen-bond donors (Lipinski definition) is 0. The second-order valence-electron chi connectivity index (χ2n) is 4.34. The molecule has 0 N–H and O–H groups in total. The smallest absolute Gasteiger partial charge is 0.0728 e. The van der Waals surface area contributed by atoms with Crippen molar-refractivity contribution in [2.24, 2.45) is 0 Å². The molecule has 0 amide bonds. The first-order chi connectivity index (χ1) is 7.31. The molecule has 2 rings (SSSR count). The van der Waals surface area contributed by atoms with Crippen LogP contribution < -0.4 is 0 Å². The van der Waals surface area contributed by atoms with Crippen molar-refractivity contribution in [2.75, 3.05) is 0 Å². The first kappa shape index (κ1) is 11.1. The lowest BCUT2D eigenvalue weighted by Crippen LogP contribution is -2.17. The Labute approximate surface area is 99.4 Å². The quantitative estimate of drug-likeness (QED) is 0.791. The normalized spacial score (nSPS) is 26.8. The van der Waals surface area contributed by atoms with Crippen molar-refractivity contribution in [3.63, 3.8) is 0 Å². The summed E-state index contributed by atoms with van der Waals surface area (Å²) in [6, 6.07) is 0. The number of aryl methyl sites for hydroxylation is 1. The second kappa shape index (κ2) is 5.10. The van der Waals surface area contributed by atoms with Crippen LogP contribution in [0.25, 0.3) is 0 Å². The first-order valence-corrected chi connectivity index (χ1v) is 6.75. The van der Waals surface area contributed by atoms with Crippen molar-refractivity contribution >= 4 is 15.9 Å². The summed E-state index contributed by atoms with van der Waals surface area (Å²) in [5, 5.41) is 8.20. The van der Waals surface area contributed by atoms with E-state index in [1.165, 1.54) is 31.4 Å². The summed E-state index contributed by atoms with van der Waals surface area (Å²) in [5.74, 6) is 0.657. The van der Waals surface area contributed by atoms with Crippen molar-refractivity contribution in [3.8, 4) is 0 Å². The van der Waals surface area contributed by atoms with Crippen LogP contribution in [0.15, 0.2) is 6.20 Å². The fourth-order valence-electron chi connectivity index (χ4n) is 2.37. The highest BCUT2D eigenvalue weighted by Crippen LogP contribution is 2.35. The number of nitrogens with zero attached hydrogens (tertiary/aromatic N) is 3. The van der Waals surface area contributed by atoms with E-state index >= 15 is 0 Å². The molecule has 2 atom stereocenters. The molecule has 3 nitrogen and oxygen atoms in total. The minimum atomic E-state index is 0.657. The van der Waals surface area contributed by atoms with Crippen LogP contribution in [-0.2, 0) is 6.54 Å². The largest absolute Gasteiger partial charge is 0.249 e. The molecule has 2 unspecified atom stereocenters. The number of rotatable bonds is 3. The van der Waals surface area contributed by atoms with Crippen molar-refractivity contribution in [1.29, 1.82) is 0 Å². The molecular weight excluding hydrogens is 254 g/mol. The van der Waals surface area contributed by atoms with E-state index < -0.39 is 0 Å². The molecule has 4 heteroatoms. The average Bonchev–Trinajstić information content (AvgIpc) is 2.66. The zero-order valence-electron chi connectivity index (χ0n) is 9.19. The fraction of sp³-hybridized carbons (Fsp3) is 0.818. The molecule has 1 fully saturated rings. The Hall–Kier alpha value is -0.380. The lowest BCUT2D eigenvalue weighted by atomic mass is 9.87. The maximum absolute atomic E-state index is 4.16. The van der Waals surface area contributed by atoms with Crippen LogP contribution in [0.5, 0.6) is 0 Å². The fourth-order valence-corrected chi connectivity index (χ4v) is 3.14. The van der Waals surface area contributed by atoms with Gasteiger partial charge in [0, 0.05) is 17.3 Å². The van der Waals surface area contributed by atoms with E-state index in [2.05, 4.69) is 37.8 Å². The molecule has 1 aromatic heterocycles. The molecule has 15 heavy (non-hydrogen) atoms. The lowest BCUT2D eigenvalue weighted by molar-refractivity contribution is 0.423. The van der Waals surface area contributed by atoms with E-state index in [1.807, 2.05) is 6.20 Å². The molecule has 0 aliphatic heterocycles. The number of halogens is 1. The van der Waals surface area contributed by atoms with Crippen LogP contribution in [-0.4, -0.2) is 19.8 Å². The highest BCUT2D eigenvalue weighted by Gasteiger charge is 2.24. The van der Waals surface area contributed by atoms with Gasteiger partial charge in [0.25, 0.3) is 0 Å². The zero-order valence-corrected chi connectivity index (χ0v) is 10.8. The number of aromatic nitrogens is 3. The number of hydrogen-bond acceptors (Lipinski definition) is 2. The maximum Gasteiger partial charge on any atom is 0.0728 e. The molecule has 84 valence electrons. The summed E-state index contributed by atoms with van der Waals surface area (Å²) in [6.07, 6.45) is 8.23. The van der Waals surface area contributed by atoms with E-state index in [1.54, 1.807) is 0 Å². The van der Waals surface area contributed by atoms with Crippen LogP contribution in [0.4, 0.5) is 0 Å². The molecule has 1 heterocycles. The van der Waals surface area contributed by atoms with Crippen molar-refractivity contribution in [1.82, 2.24) is 15.0 Å². The molecular formula is C11H18BrN3. The van der Waals surface area contributed by atoms with Gasteiger partial charge in [-0.3, -0.25) is 0 Å². The molecule has 1 aromatic rings. The molecule has 0 radical (unpaired) electrons. The van der Waals surface area contributed by atoms with Gasteiger partial charge in [-0.15, -0.1) is 5.10 Å². The summed E-state index contributed by atoms with van der Waals surface area (Å²) >= 11 is 3.73. The summed E-state index contributed by atoms with van der Waals surface area (Å²) in [6.45, 7) is 3.18. The van der Waals surface area contributed by atoms with Crippen LogP contribution in [0.1, 0.15) is 50.6 Å². The van der Waals surface area contributed by atoms with Gasteiger partial charge in [0.05, 0.1) is 11.9 Å². The summed E-state index contributed by atoms with van der Waals surface area (Å²) in [7, 11) is 0. The highest BCUT2D eigenvalue weighted by atomic mass is 79.9. The van der Waals surface area contributed by atoms with Gasteiger partial charge < -0.3 is 0 Å². The summed E-state index contributed by atoms with van der Waals surface area (Å²) < 4.78 is 2.08. The minimum absolute atomic E-state index is 0.657. The van der Waals surface area contributed by atoms with Crippen LogP contribution in [0, 0.1) is 0 Å². The van der Waals surface area contributed by atoms with Crippen molar-refractivity contribution in [3.05, 3.63) is 11.9 Å². The van der Waals surface area contributed by atoms with Gasteiger partial charge >= 0.3 is 0 Å². The van der Waals surface area contributed by atoms with Crippen LogP contribution in [0.3, 0.4) is 0 Å². The zero-order chi connectivity index (χ0) is 10.7. The van der Waals surface area contributed by atoms with Gasteiger partial charge in [-0.2, -0.15) is 0 Å². The predicted molar refractivity (Wildman–Crippen MR) is 64.2 cm³/mol. The molecule has 1 aliphatic carbocycles. The van der Waals surface area contributed by atoms with Crippen molar-refractivity contribution < 1.29 is 0 Å². The van der Waals surface area contributed by atoms with Gasteiger partial charge in [0.15, 0.2) is 0 Å². The van der Waals surface area contributed by atoms with Gasteiger partial charge in [-0.1, -0.05) is 34.5 Å². The Morgan fingerprint density at radius 3 is 3.13 bits per heavy atom. The van der Waals surface area contributed by atoms with Gasteiger partial charge in [-0.05, 0) is 25.7 Å². The third-order valence-corrected chi connectivity index (χ3v) is 3.94. The first-order valence-electron chi connectivity index (χ1n) is 5.83. The maximum atomic E-state index is 4.16. The lowest BCUT2D eigenvalue weighted by Gasteiger charge is -2.25. The monoisotopic (exact) mass is 271 g/mol. The van der Waals surface area contributed by atoms with Gasteiger partial charge in [-0.25, -0.2) is 4.68 Å². The van der Waals surface area contributed by atoms with E-state index in [0.717, 1.165) is 13.0 Å². The molecule has 0 bridgehead atoms. The summed E-state index contributed by atoms with van der Waals surface area (Å²) in [4.78, 5) is 0.682. The molecule has 1 saturated carbocycles. The Kier molecular flexibility index (Phi) is 3.78. The van der Waals surface area contributed by atoms with E-state index in [-0.39, 0.29) is 0 Å². The Balaban J connectivity index is 2.10. The number of alkyl halides is 1. The standard InChI is InChI=1S/C11H18BrN3/c1-2-6-15-11(8-13-14-15)9-4-3-5-10(12)7-9/h8-10H,2-7H2,1H3. The third kappa shape index (κ3) is 2.60. The van der Waals surface area contributed by atoms with E-state index in [4.69, 9.17) is 0 Å². The topological polar surface area (TPSA) is 30.7 Å². The second-order valence-corrected chi connectivity index (χ2v) is 5.64.